The predicted molar refractivity (Wildman–Crippen MR) is 63.7 cm³/mol. The second-order valence-electron chi connectivity index (χ2n) is 4.15. The molecular weight excluding hydrogens is 312 g/mol. The van der Waals surface area contributed by atoms with Crippen LogP contribution in [0.2, 0.25) is 0 Å². The van der Waals surface area contributed by atoms with Gasteiger partial charge < -0.3 is 5.11 Å². The van der Waals surface area contributed by atoms with Gasteiger partial charge in [-0.25, -0.2) is 9.78 Å². The summed E-state index contributed by atoms with van der Waals surface area (Å²) in [5, 5.41) is 21.8. The van der Waals surface area contributed by atoms with E-state index in [2.05, 4.69) is 10.1 Å². The largest absolute Gasteiger partial charge is 0.477 e. The number of rotatable bonds is 5. The minimum atomic E-state index is -5.34. The number of aliphatic carboxylic acids is 1. The monoisotopic (exact) mass is 320 g/mol. The van der Waals surface area contributed by atoms with E-state index in [1.165, 1.54) is 24.3 Å². The molecule has 0 unspecified atom stereocenters. The highest BCUT2D eigenvalue weighted by Gasteiger charge is 2.65. The normalized spacial score (nSPS) is 12.2. The first-order chi connectivity index (χ1) is 10.2. The van der Waals surface area contributed by atoms with Gasteiger partial charge >= 0.3 is 17.8 Å². The van der Waals surface area contributed by atoms with E-state index in [-0.39, 0.29) is 11.4 Å². The molecule has 0 saturated heterocycles. The Labute approximate surface area is 119 Å². The zero-order valence-corrected chi connectivity index (χ0v) is 10.5. The molecule has 2 rings (SSSR count). The van der Waals surface area contributed by atoms with Crippen molar-refractivity contribution in [3.63, 3.8) is 0 Å². The highest BCUT2D eigenvalue weighted by molar-refractivity contribution is 5.77. The summed E-state index contributed by atoms with van der Waals surface area (Å²) in [5.41, 5.74) is 2.32. The van der Waals surface area contributed by atoms with Gasteiger partial charge in [0.15, 0.2) is 5.82 Å². The van der Waals surface area contributed by atoms with Crippen LogP contribution >= 0.6 is 0 Å². The molecule has 0 saturated carbocycles. The van der Waals surface area contributed by atoms with E-state index in [1.807, 2.05) is 5.48 Å². The number of benzene rings is 1. The summed E-state index contributed by atoms with van der Waals surface area (Å²) in [7, 11) is 0. The average molecular weight is 320 g/mol. The standard InChI is InChI=1S/C11H8F4N4O3/c12-10(13,11(14,15)9(20)21)8-16-7(17-18-8)5-1-3-6(19-22)4-2-5/h1-4,19,22H,(H,20,21)(H,16,17,18). The van der Waals surface area contributed by atoms with Gasteiger partial charge in [-0.3, -0.25) is 15.8 Å². The van der Waals surface area contributed by atoms with E-state index >= 15 is 0 Å². The SMILES string of the molecule is O=C(O)C(F)(F)C(F)(F)c1nc(-c2ccc(NO)cc2)n[nH]1. The number of halogens is 4. The maximum absolute atomic E-state index is 13.5. The molecule has 0 aliphatic rings. The highest BCUT2D eigenvalue weighted by atomic mass is 19.3. The number of nitrogens with one attached hydrogen (secondary N) is 2. The molecule has 0 radical (unpaired) electrons. The van der Waals surface area contributed by atoms with Crippen LogP contribution in [0, 0.1) is 0 Å². The molecule has 22 heavy (non-hydrogen) atoms. The van der Waals surface area contributed by atoms with Crippen molar-refractivity contribution in [2.75, 3.05) is 5.48 Å². The topological polar surface area (TPSA) is 111 Å². The van der Waals surface area contributed by atoms with Crippen molar-refractivity contribution in [1.29, 1.82) is 0 Å². The van der Waals surface area contributed by atoms with Gasteiger partial charge in [0.05, 0.1) is 5.69 Å². The zero-order valence-electron chi connectivity index (χ0n) is 10.5. The molecule has 0 bridgehead atoms. The van der Waals surface area contributed by atoms with E-state index in [4.69, 9.17) is 10.3 Å². The van der Waals surface area contributed by atoms with Crippen molar-refractivity contribution in [3.8, 4) is 11.4 Å². The van der Waals surface area contributed by atoms with Gasteiger partial charge in [0, 0.05) is 5.56 Å². The number of anilines is 1. The smallest absolute Gasteiger partial charge is 0.411 e. The summed E-state index contributed by atoms with van der Waals surface area (Å²) in [6.07, 6.45) is 0. The Balaban J connectivity index is 2.36. The van der Waals surface area contributed by atoms with Crippen LogP contribution in [0.25, 0.3) is 11.4 Å². The molecule has 4 N–H and O–H groups in total. The van der Waals surface area contributed by atoms with E-state index in [1.54, 1.807) is 5.10 Å². The third-order valence-electron chi connectivity index (χ3n) is 2.72. The number of nitrogens with zero attached hydrogens (tertiary/aromatic N) is 2. The predicted octanol–water partition coefficient (Wildman–Crippen LogP) is 2.08. The number of carboxylic acids is 1. The molecule has 1 aromatic heterocycles. The minimum absolute atomic E-state index is 0.191. The average Bonchev–Trinajstić information content (AvgIpc) is 2.97. The summed E-state index contributed by atoms with van der Waals surface area (Å²) in [5.74, 6) is -15.3. The molecule has 0 aliphatic carbocycles. The molecule has 1 aromatic carbocycles. The molecule has 7 nitrogen and oxygen atoms in total. The highest BCUT2D eigenvalue weighted by Crippen LogP contribution is 2.41. The number of H-pyrrole nitrogens is 1. The number of aromatic nitrogens is 3. The molecular formula is C11H8F4N4O3. The third-order valence-corrected chi connectivity index (χ3v) is 2.72. The first-order valence-corrected chi connectivity index (χ1v) is 5.62. The second-order valence-corrected chi connectivity index (χ2v) is 4.15. The van der Waals surface area contributed by atoms with Crippen LogP contribution in [0.15, 0.2) is 24.3 Å². The van der Waals surface area contributed by atoms with E-state index in [0.717, 1.165) is 0 Å². The molecule has 1 heterocycles. The van der Waals surface area contributed by atoms with Crippen LogP contribution in [-0.2, 0) is 10.7 Å². The molecule has 0 atom stereocenters. The number of carboxylic acid groups (broad SMARTS) is 1. The summed E-state index contributed by atoms with van der Waals surface area (Å²) in [6.45, 7) is 0. The number of aromatic amines is 1. The van der Waals surface area contributed by atoms with Crippen molar-refractivity contribution >= 4 is 11.7 Å². The van der Waals surface area contributed by atoms with Gasteiger partial charge in [-0.15, -0.1) is 0 Å². The lowest BCUT2D eigenvalue weighted by Gasteiger charge is -2.20. The van der Waals surface area contributed by atoms with E-state index in [9.17, 15) is 22.4 Å². The van der Waals surface area contributed by atoms with Crippen molar-refractivity contribution in [2.24, 2.45) is 0 Å². The van der Waals surface area contributed by atoms with Crippen LogP contribution in [0.3, 0.4) is 0 Å². The molecule has 0 spiro atoms. The lowest BCUT2D eigenvalue weighted by atomic mass is 10.1. The Morgan fingerprint density at radius 2 is 1.77 bits per heavy atom. The maximum atomic E-state index is 13.5. The number of hydrogen-bond donors (Lipinski definition) is 4. The van der Waals surface area contributed by atoms with Gasteiger partial charge in [-0.1, -0.05) is 0 Å². The molecule has 2 aromatic rings. The zero-order chi connectivity index (χ0) is 16.5. The lowest BCUT2D eigenvalue weighted by molar-refractivity contribution is -0.231. The lowest BCUT2D eigenvalue weighted by Crippen LogP contribution is -2.45. The van der Waals surface area contributed by atoms with Crippen LogP contribution in [0.1, 0.15) is 5.82 Å². The van der Waals surface area contributed by atoms with E-state index in [0.29, 0.717) is 5.69 Å². The van der Waals surface area contributed by atoms with Crippen LogP contribution in [0.4, 0.5) is 23.2 Å². The number of hydrogen-bond acceptors (Lipinski definition) is 5. The summed E-state index contributed by atoms with van der Waals surface area (Å²) < 4.78 is 53.1. The fourth-order valence-electron chi connectivity index (χ4n) is 1.51. The van der Waals surface area contributed by atoms with E-state index < -0.39 is 23.6 Å². The summed E-state index contributed by atoms with van der Waals surface area (Å²) >= 11 is 0. The van der Waals surface area contributed by atoms with Crippen LogP contribution in [0.5, 0.6) is 0 Å². The fourth-order valence-corrected chi connectivity index (χ4v) is 1.51. The second kappa shape index (κ2) is 5.26. The van der Waals surface area contributed by atoms with Crippen molar-refractivity contribution in [1.82, 2.24) is 15.2 Å². The molecule has 118 valence electrons. The van der Waals surface area contributed by atoms with Crippen molar-refractivity contribution in [2.45, 2.75) is 11.8 Å². The van der Waals surface area contributed by atoms with Gasteiger partial charge in [0.1, 0.15) is 0 Å². The molecule has 0 aliphatic heterocycles. The first-order valence-electron chi connectivity index (χ1n) is 5.62. The van der Waals surface area contributed by atoms with Gasteiger partial charge in [-0.2, -0.15) is 22.7 Å². The Kier molecular flexibility index (Phi) is 3.75. The Morgan fingerprint density at radius 3 is 2.27 bits per heavy atom. The Bertz CT molecular complexity index is 687. The van der Waals surface area contributed by atoms with Gasteiger partial charge in [0.25, 0.3) is 0 Å². The summed E-state index contributed by atoms with van der Waals surface area (Å²) in [6, 6.07) is 5.38. The summed E-state index contributed by atoms with van der Waals surface area (Å²) in [4.78, 5) is 13.5. The quantitative estimate of drug-likeness (QED) is 0.496. The Morgan fingerprint density at radius 1 is 1.18 bits per heavy atom. The fraction of sp³-hybridized carbons (Fsp3) is 0.182. The van der Waals surface area contributed by atoms with Crippen molar-refractivity contribution in [3.05, 3.63) is 30.1 Å². The number of alkyl halides is 4. The third kappa shape index (κ3) is 2.45. The maximum Gasteiger partial charge on any atom is 0.411 e. The van der Waals surface area contributed by atoms with Gasteiger partial charge in [-0.05, 0) is 24.3 Å². The molecule has 0 amide bonds. The molecule has 11 heteroatoms. The van der Waals surface area contributed by atoms with Crippen LogP contribution in [-0.4, -0.2) is 37.4 Å². The minimum Gasteiger partial charge on any atom is -0.477 e. The van der Waals surface area contributed by atoms with Gasteiger partial charge in [0.2, 0.25) is 5.82 Å². The first kappa shape index (κ1) is 15.7. The van der Waals surface area contributed by atoms with Crippen LogP contribution < -0.4 is 5.48 Å². The Hall–Kier alpha value is -2.69. The molecule has 0 fully saturated rings. The van der Waals surface area contributed by atoms with Crippen molar-refractivity contribution < 1.29 is 32.7 Å². The number of carbonyl (C=O) groups is 1.